The lowest BCUT2D eigenvalue weighted by Gasteiger charge is -1.49. The van der Waals surface area contributed by atoms with Crippen LogP contribution in [0.2, 0.25) is 0 Å². The van der Waals surface area contributed by atoms with Crippen LogP contribution in [-0.2, 0) is 0 Å². The van der Waals surface area contributed by atoms with E-state index in [0.717, 1.165) is 0 Å². The number of aromatic nitrogens is 22. The Hall–Kier alpha value is -8.64. The van der Waals surface area contributed by atoms with Crippen molar-refractivity contribution in [3.8, 4) is 0 Å². The zero-order chi connectivity index (χ0) is 42.9. The average molecular weight is 805 g/mol. The van der Waals surface area contributed by atoms with Crippen molar-refractivity contribution in [2.24, 2.45) is 0 Å². The van der Waals surface area contributed by atoms with E-state index in [-0.39, 0.29) is 0 Å². The van der Waals surface area contributed by atoms with Gasteiger partial charge in [0.05, 0.1) is 0 Å². The van der Waals surface area contributed by atoms with Gasteiger partial charge in [0, 0.05) is 136 Å². The fourth-order valence-electron chi connectivity index (χ4n) is 2.37. The third-order valence-corrected chi connectivity index (χ3v) is 4.46. The highest BCUT2D eigenvalue weighted by Gasteiger charge is 1.61. The fourth-order valence-corrected chi connectivity index (χ4v) is 2.37. The van der Waals surface area contributed by atoms with Crippen LogP contribution >= 0.6 is 0 Å². The summed E-state index contributed by atoms with van der Waals surface area (Å²) in [6.07, 6.45) is 38.0. The predicted octanol–water partition coefficient (Wildman–Crippen LogP) is 2.63. The number of aromatic amines is 11. The molecule has 11 aromatic rings. The van der Waals surface area contributed by atoms with Gasteiger partial charge in [-0.1, -0.05) is 0 Å². The molecule has 24 nitrogen and oxygen atoms in total. The highest BCUT2D eigenvalue weighted by molar-refractivity contribution is 5.95. The summed E-state index contributed by atoms with van der Waals surface area (Å²) in [5.41, 5.74) is 0. The highest BCUT2D eigenvalue weighted by atomic mass is 16.2. The Balaban J connectivity index is 0. The van der Waals surface area contributed by atoms with E-state index in [2.05, 4.69) is 128 Å². The fraction of sp³-hybridized carbons (Fsp3) is 0. The van der Waals surface area contributed by atoms with Crippen molar-refractivity contribution in [1.29, 1.82) is 0 Å². The maximum Gasteiger partial charge on any atom is 0.277 e. The van der Waals surface area contributed by atoms with Gasteiger partial charge in [0.1, 0.15) is 0 Å². The summed E-state index contributed by atoms with van der Waals surface area (Å²) in [6, 6.07) is 20.2. The van der Waals surface area contributed by atoms with Crippen molar-refractivity contribution in [2.45, 2.75) is 0 Å². The van der Waals surface area contributed by atoms with E-state index in [9.17, 15) is 0 Å². The van der Waals surface area contributed by atoms with Gasteiger partial charge in [-0.05, 0) is 66.7 Å². The second-order valence-corrected chi connectivity index (χ2v) is 8.43. The molecule has 0 saturated carbocycles. The molecule has 0 unspecified atom stereocenters. The third-order valence-electron chi connectivity index (χ3n) is 4.46. The van der Waals surface area contributed by atoms with Gasteiger partial charge in [-0.15, -0.1) is 0 Å². The van der Waals surface area contributed by atoms with E-state index in [4.69, 9.17) is 10.0 Å². The maximum atomic E-state index is 6.50. The molecule has 11 aromatic heterocycles. The molecule has 13 N–H and O–H groups in total. The quantitative estimate of drug-likeness (QED) is 0.0982. The summed E-state index contributed by atoms with van der Waals surface area (Å²) in [6.45, 7) is 0. The normalized spacial score (nSPS) is 7.63. The number of nitrogens with one attached hydrogen (secondary N) is 11. The van der Waals surface area contributed by atoms with Crippen molar-refractivity contribution in [2.75, 3.05) is 0 Å². The van der Waals surface area contributed by atoms with Gasteiger partial charge in [0.25, 0.3) is 16.1 Å². The zero-order valence-corrected chi connectivity index (χ0v) is 31.5. The Morgan fingerprint density at radius 3 is 0.288 bits per heavy atom. The van der Waals surface area contributed by atoms with Gasteiger partial charge in [0.15, 0.2) is 0 Å². The van der Waals surface area contributed by atoms with Gasteiger partial charge >= 0.3 is 0 Å². The second kappa shape index (κ2) is 53.7. The molecular formula is C33H46B2N22O2. The first-order chi connectivity index (χ1) is 29.5. The minimum Gasteiger partial charge on any atom is -0.461 e. The molecule has 0 bridgehead atoms. The summed E-state index contributed by atoms with van der Waals surface area (Å²) in [5.74, 6) is 0. The first-order valence-electron chi connectivity index (χ1n) is 16.3. The number of H-pyrrole nitrogens is 11. The van der Waals surface area contributed by atoms with E-state index < -0.39 is 0 Å². The molecule has 0 spiro atoms. The van der Waals surface area contributed by atoms with Crippen LogP contribution in [0.5, 0.6) is 0 Å². The lowest BCUT2D eigenvalue weighted by molar-refractivity contribution is 0.628. The summed E-state index contributed by atoms with van der Waals surface area (Å²) < 4.78 is 0. The smallest absolute Gasteiger partial charge is 0.277 e. The molecule has 0 aliphatic rings. The Labute approximate surface area is 340 Å². The van der Waals surface area contributed by atoms with Crippen molar-refractivity contribution in [3.63, 3.8) is 0 Å². The molecule has 0 aliphatic carbocycles. The standard InChI is InChI=1S/11C3H4N2.2BHO/c11*1-2-4-5-3-1;2*1-2/h11*1-3H,(H,4,5);2*2H. The first kappa shape index (κ1) is 52.5. The molecular weight excluding hydrogens is 758 g/mol. The topological polar surface area (TPSA) is 356 Å². The molecule has 0 amide bonds. The van der Waals surface area contributed by atoms with Crippen LogP contribution in [0.25, 0.3) is 0 Å². The number of nitrogens with zero attached hydrogens (tertiary/aromatic N) is 11. The van der Waals surface area contributed by atoms with Crippen LogP contribution in [-0.4, -0.2) is 138 Å². The Morgan fingerprint density at radius 1 is 0.186 bits per heavy atom. The lowest BCUT2D eigenvalue weighted by Crippen LogP contribution is -1.53. The van der Waals surface area contributed by atoms with Crippen LogP contribution in [0.3, 0.4) is 0 Å². The largest absolute Gasteiger partial charge is 0.461 e. The SMILES string of the molecule is [B]O.[B]O.c1cn[nH]c1.c1cn[nH]c1.c1cn[nH]c1.c1cn[nH]c1.c1cn[nH]c1.c1cn[nH]c1.c1cn[nH]c1.c1cn[nH]c1.c1cn[nH]c1.c1cn[nH]c1.c1cn[nH]c1. The minimum atomic E-state index is 1.69. The molecule has 0 atom stereocenters. The highest BCUT2D eigenvalue weighted by Crippen LogP contribution is 1.69. The monoisotopic (exact) mass is 804 g/mol. The molecule has 0 fully saturated rings. The molecule has 26 heteroatoms. The molecule has 0 aliphatic heterocycles. The van der Waals surface area contributed by atoms with Gasteiger partial charge in [-0.25, -0.2) is 0 Å². The first-order valence-corrected chi connectivity index (χ1v) is 16.3. The lowest BCUT2D eigenvalue weighted by atomic mass is 10.6. The molecule has 11 heterocycles. The summed E-state index contributed by atoms with van der Waals surface area (Å²) in [7, 11) is 7.00. The molecule has 306 valence electrons. The van der Waals surface area contributed by atoms with Gasteiger partial charge in [0.2, 0.25) is 0 Å². The van der Waals surface area contributed by atoms with Crippen LogP contribution in [0.1, 0.15) is 0 Å². The van der Waals surface area contributed by atoms with Crippen molar-refractivity contribution < 1.29 is 10.0 Å². The number of rotatable bonds is 0. The maximum absolute atomic E-state index is 6.50. The summed E-state index contributed by atoms with van der Waals surface area (Å²) in [5, 5.41) is 81.3. The molecule has 59 heavy (non-hydrogen) atoms. The number of hydrogen-bond acceptors (Lipinski definition) is 13. The van der Waals surface area contributed by atoms with E-state index in [1.807, 2.05) is 66.7 Å². The Morgan fingerprint density at radius 2 is 0.271 bits per heavy atom. The molecule has 4 radical (unpaired) electrons. The van der Waals surface area contributed by atoms with Gasteiger partial charge in [-0.3, -0.25) is 56.1 Å². The van der Waals surface area contributed by atoms with Crippen LogP contribution in [0, 0.1) is 0 Å². The van der Waals surface area contributed by atoms with Crippen molar-refractivity contribution in [3.05, 3.63) is 203 Å². The van der Waals surface area contributed by atoms with Crippen molar-refractivity contribution >= 4 is 16.1 Å². The Kier molecular flexibility index (Phi) is 47.8. The summed E-state index contributed by atoms with van der Waals surface area (Å²) in [4.78, 5) is 0. The summed E-state index contributed by atoms with van der Waals surface area (Å²) >= 11 is 0. The predicted molar refractivity (Wildman–Crippen MR) is 220 cm³/mol. The van der Waals surface area contributed by atoms with E-state index in [1.54, 1.807) is 136 Å². The second-order valence-electron chi connectivity index (χ2n) is 8.43. The van der Waals surface area contributed by atoms with Crippen LogP contribution in [0.15, 0.2) is 203 Å². The van der Waals surface area contributed by atoms with Crippen LogP contribution in [0.4, 0.5) is 0 Å². The van der Waals surface area contributed by atoms with E-state index >= 15 is 0 Å². The zero-order valence-electron chi connectivity index (χ0n) is 31.5. The van der Waals surface area contributed by atoms with Gasteiger partial charge < -0.3 is 10.0 Å². The van der Waals surface area contributed by atoms with Crippen molar-refractivity contribution in [1.82, 2.24) is 112 Å². The molecule has 0 saturated heterocycles. The molecule has 0 aromatic carbocycles. The van der Waals surface area contributed by atoms with E-state index in [0.29, 0.717) is 0 Å². The number of hydrogen-bond donors (Lipinski definition) is 13. The minimum absolute atomic E-state index is 1.69. The average Bonchev–Trinajstić information content (AvgIpc) is 4.18. The van der Waals surface area contributed by atoms with E-state index in [1.165, 1.54) is 0 Å². The third kappa shape index (κ3) is 51.5. The van der Waals surface area contributed by atoms with Gasteiger partial charge in [-0.2, -0.15) is 56.1 Å². The molecule has 11 rings (SSSR count). The van der Waals surface area contributed by atoms with Crippen LogP contribution < -0.4 is 0 Å². The Bertz CT molecular complexity index is 1200.